The molecule has 1 fully saturated rings. The summed E-state index contributed by atoms with van der Waals surface area (Å²) in [6.45, 7) is 4.63. The lowest BCUT2D eigenvalue weighted by molar-refractivity contribution is 0.204. The highest BCUT2D eigenvalue weighted by Crippen LogP contribution is 2.37. The van der Waals surface area contributed by atoms with E-state index in [1.807, 2.05) is 6.07 Å². The quantitative estimate of drug-likeness (QED) is 0.407. The van der Waals surface area contributed by atoms with E-state index in [2.05, 4.69) is 13.8 Å². The molecule has 142 valence electrons. The van der Waals surface area contributed by atoms with E-state index in [0.29, 0.717) is 11.7 Å². The zero-order valence-electron chi connectivity index (χ0n) is 16.5. The molecule has 0 spiro atoms. The molecule has 0 aromatic heterocycles. The predicted molar refractivity (Wildman–Crippen MR) is 105 cm³/mol. The number of unbranched alkanes of at least 4 members (excludes halogenated alkanes) is 4. The second-order valence-corrected chi connectivity index (χ2v) is 8.13. The van der Waals surface area contributed by atoms with Crippen molar-refractivity contribution in [2.75, 3.05) is 7.11 Å². The van der Waals surface area contributed by atoms with Crippen molar-refractivity contribution in [1.82, 2.24) is 0 Å². The average molecular weight is 349 g/mol. The van der Waals surface area contributed by atoms with Crippen LogP contribution in [0.3, 0.4) is 0 Å². The molecule has 0 amide bonds. The van der Waals surface area contributed by atoms with Crippen molar-refractivity contribution < 1.29 is 9.13 Å². The highest BCUT2D eigenvalue weighted by Gasteiger charge is 2.25. The Bertz CT molecular complexity index is 491. The van der Waals surface area contributed by atoms with Gasteiger partial charge >= 0.3 is 0 Å². The number of rotatable bonds is 10. The Morgan fingerprint density at radius 3 is 2.44 bits per heavy atom. The summed E-state index contributed by atoms with van der Waals surface area (Å²) in [6.07, 6.45) is 14.9. The van der Waals surface area contributed by atoms with Gasteiger partial charge in [-0.05, 0) is 54.7 Å². The Labute approximate surface area is 154 Å². The molecule has 0 radical (unpaired) electrons. The van der Waals surface area contributed by atoms with Crippen LogP contribution in [0.15, 0.2) is 18.2 Å². The van der Waals surface area contributed by atoms with Gasteiger partial charge in [0.15, 0.2) is 11.6 Å². The number of methoxy groups -OCH3 is 1. The summed E-state index contributed by atoms with van der Waals surface area (Å²) in [5.41, 5.74) is 1.10. The highest BCUT2D eigenvalue weighted by molar-refractivity contribution is 5.29. The lowest BCUT2D eigenvalue weighted by Gasteiger charge is -2.32. The zero-order chi connectivity index (χ0) is 18.1. The molecule has 1 saturated carbocycles. The van der Waals surface area contributed by atoms with Crippen LogP contribution < -0.4 is 4.74 Å². The van der Waals surface area contributed by atoms with E-state index < -0.39 is 0 Å². The van der Waals surface area contributed by atoms with E-state index in [0.717, 1.165) is 23.8 Å². The summed E-state index contributed by atoms with van der Waals surface area (Å²) in [5.74, 6) is 2.51. The number of ether oxygens (including phenoxy) is 1. The van der Waals surface area contributed by atoms with Crippen molar-refractivity contribution >= 4 is 0 Å². The van der Waals surface area contributed by atoms with Crippen molar-refractivity contribution in [1.29, 1.82) is 0 Å². The molecule has 2 rings (SSSR count). The van der Waals surface area contributed by atoms with Gasteiger partial charge in [0.25, 0.3) is 0 Å². The topological polar surface area (TPSA) is 9.23 Å². The molecule has 1 aliphatic rings. The first kappa shape index (κ1) is 20.3. The van der Waals surface area contributed by atoms with Crippen LogP contribution in [0.25, 0.3) is 0 Å². The summed E-state index contributed by atoms with van der Waals surface area (Å²) < 4.78 is 18.9. The third kappa shape index (κ3) is 6.64. The summed E-state index contributed by atoms with van der Waals surface area (Å²) in [6, 6.07) is 5.42. The summed E-state index contributed by atoms with van der Waals surface area (Å²) in [7, 11) is 1.52. The lowest BCUT2D eigenvalue weighted by atomic mass is 9.73. The molecule has 2 heteroatoms. The summed E-state index contributed by atoms with van der Waals surface area (Å²) in [5, 5.41) is 0. The maximum absolute atomic E-state index is 13.9. The Hall–Kier alpha value is -1.05. The minimum atomic E-state index is -0.237. The molecule has 1 unspecified atom stereocenters. The second-order valence-electron chi connectivity index (χ2n) is 8.13. The van der Waals surface area contributed by atoms with Gasteiger partial charge in [0, 0.05) is 0 Å². The lowest BCUT2D eigenvalue weighted by Crippen LogP contribution is -2.21. The van der Waals surface area contributed by atoms with E-state index in [-0.39, 0.29) is 5.82 Å². The fourth-order valence-electron chi connectivity index (χ4n) is 4.46. The number of hydrogen-bond donors (Lipinski definition) is 0. The first-order chi connectivity index (χ1) is 12.1. The van der Waals surface area contributed by atoms with Crippen LogP contribution in [0, 0.1) is 23.6 Å². The van der Waals surface area contributed by atoms with E-state index in [1.165, 1.54) is 71.3 Å². The maximum Gasteiger partial charge on any atom is 0.165 e. The van der Waals surface area contributed by atoms with Gasteiger partial charge in [-0.25, -0.2) is 4.39 Å². The van der Waals surface area contributed by atoms with Crippen molar-refractivity contribution in [3.05, 3.63) is 29.6 Å². The van der Waals surface area contributed by atoms with Gasteiger partial charge in [-0.15, -0.1) is 0 Å². The van der Waals surface area contributed by atoms with E-state index in [9.17, 15) is 4.39 Å². The molecule has 0 bridgehead atoms. The number of hydrogen-bond acceptors (Lipinski definition) is 1. The monoisotopic (exact) mass is 348 g/mol. The van der Waals surface area contributed by atoms with E-state index >= 15 is 0 Å². The van der Waals surface area contributed by atoms with Crippen molar-refractivity contribution in [2.24, 2.45) is 17.8 Å². The standard InChI is InChI=1S/C23H37FO/c1-4-5-6-7-8-9-19-10-13-21(14-11-19)18(2)16-20-12-15-23(25-3)22(24)17-20/h12,15,17-19,21H,4-11,13-14,16H2,1-3H3. The summed E-state index contributed by atoms with van der Waals surface area (Å²) in [4.78, 5) is 0. The molecule has 0 aliphatic heterocycles. The third-order valence-electron chi connectivity index (χ3n) is 6.19. The Kier molecular flexibility index (Phi) is 8.78. The van der Waals surface area contributed by atoms with Gasteiger partial charge in [0.1, 0.15) is 0 Å². The van der Waals surface area contributed by atoms with Gasteiger partial charge in [0.05, 0.1) is 7.11 Å². The SMILES string of the molecule is CCCCCCCC1CCC(C(C)Cc2ccc(OC)c(F)c2)CC1. The molecule has 1 aromatic carbocycles. The van der Waals surface area contributed by atoms with Crippen LogP contribution in [-0.4, -0.2) is 7.11 Å². The van der Waals surface area contributed by atoms with Gasteiger partial charge in [-0.2, -0.15) is 0 Å². The van der Waals surface area contributed by atoms with Crippen LogP contribution in [0.1, 0.15) is 83.6 Å². The zero-order valence-corrected chi connectivity index (χ0v) is 16.5. The minimum Gasteiger partial charge on any atom is -0.494 e. The van der Waals surface area contributed by atoms with Gasteiger partial charge in [-0.3, -0.25) is 0 Å². The van der Waals surface area contributed by atoms with Crippen molar-refractivity contribution in [3.8, 4) is 5.75 Å². The van der Waals surface area contributed by atoms with Gasteiger partial charge in [0.2, 0.25) is 0 Å². The molecular formula is C23H37FO. The Balaban J connectivity index is 1.70. The fourth-order valence-corrected chi connectivity index (χ4v) is 4.46. The first-order valence-corrected chi connectivity index (χ1v) is 10.5. The fraction of sp³-hybridized carbons (Fsp3) is 0.739. The molecule has 0 saturated heterocycles. The maximum atomic E-state index is 13.9. The molecule has 25 heavy (non-hydrogen) atoms. The Morgan fingerprint density at radius 2 is 1.80 bits per heavy atom. The highest BCUT2D eigenvalue weighted by atomic mass is 19.1. The molecule has 1 atom stereocenters. The van der Waals surface area contributed by atoms with E-state index in [1.54, 1.807) is 12.1 Å². The van der Waals surface area contributed by atoms with Gasteiger partial charge < -0.3 is 4.74 Å². The average Bonchev–Trinajstić information content (AvgIpc) is 2.62. The van der Waals surface area contributed by atoms with Crippen LogP contribution in [0.5, 0.6) is 5.75 Å². The first-order valence-electron chi connectivity index (χ1n) is 10.5. The third-order valence-corrected chi connectivity index (χ3v) is 6.19. The van der Waals surface area contributed by atoms with Crippen LogP contribution in [0.4, 0.5) is 4.39 Å². The minimum absolute atomic E-state index is 0.237. The number of halogens is 1. The second kappa shape index (κ2) is 10.8. The largest absolute Gasteiger partial charge is 0.494 e. The van der Waals surface area contributed by atoms with Crippen molar-refractivity contribution in [2.45, 2.75) is 84.5 Å². The van der Waals surface area contributed by atoms with Crippen LogP contribution in [-0.2, 0) is 6.42 Å². The smallest absolute Gasteiger partial charge is 0.165 e. The predicted octanol–water partition coefficient (Wildman–Crippen LogP) is 7.18. The normalized spacial score (nSPS) is 21.9. The van der Waals surface area contributed by atoms with Crippen LogP contribution in [0.2, 0.25) is 0 Å². The van der Waals surface area contributed by atoms with Crippen LogP contribution >= 0.6 is 0 Å². The molecule has 1 aromatic rings. The molecular weight excluding hydrogens is 311 g/mol. The molecule has 1 aliphatic carbocycles. The number of benzene rings is 1. The summed E-state index contributed by atoms with van der Waals surface area (Å²) >= 11 is 0. The molecule has 1 nitrogen and oxygen atoms in total. The van der Waals surface area contributed by atoms with E-state index in [4.69, 9.17) is 4.74 Å². The Morgan fingerprint density at radius 1 is 1.08 bits per heavy atom. The van der Waals surface area contributed by atoms with Crippen molar-refractivity contribution in [3.63, 3.8) is 0 Å². The molecule has 0 N–H and O–H groups in total. The van der Waals surface area contributed by atoms with Gasteiger partial charge in [-0.1, -0.05) is 71.3 Å². The molecule has 0 heterocycles.